The number of hydrazone groups is 1. The van der Waals surface area contributed by atoms with Gasteiger partial charge in [-0.25, -0.2) is 21.9 Å². The number of ether oxygens (including phenoxy) is 1. The van der Waals surface area contributed by atoms with Gasteiger partial charge in [0.05, 0.1) is 35.6 Å². The summed E-state index contributed by atoms with van der Waals surface area (Å²) in [5.41, 5.74) is 1.97. The number of anilines is 1. The molecule has 0 aliphatic carbocycles. The Bertz CT molecular complexity index is 1370. The molecule has 0 radical (unpaired) electrons. The Morgan fingerprint density at radius 3 is 2.51 bits per heavy atom. The average Bonchev–Trinajstić information content (AvgIpc) is 3.24. The number of sulfonamides is 1. The van der Waals surface area contributed by atoms with Crippen molar-refractivity contribution in [3.05, 3.63) is 87.9 Å². The molecule has 4 rings (SSSR count). The van der Waals surface area contributed by atoms with Gasteiger partial charge in [0.25, 0.3) is 0 Å². The fourth-order valence-electron chi connectivity index (χ4n) is 3.72. The monoisotopic (exact) mass is 539 g/mol. The molecule has 0 unspecified atom stereocenters. The van der Waals surface area contributed by atoms with Crippen LogP contribution in [0.4, 0.5) is 14.5 Å². The van der Waals surface area contributed by atoms with Crippen molar-refractivity contribution in [1.82, 2.24) is 4.72 Å². The fourth-order valence-corrected chi connectivity index (χ4v) is 5.32. The van der Waals surface area contributed by atoms with Gasteiger partial charge in [0.15, 0.2) is 0 Å². The lowest BCUT2D eigenvalue weighted by molar-refractivity contribution is 0.340. The fraction of sp³-hybridized carbons (Fsp3) is 0.208. The maximum atomic E-state index is 14.0. The van der Waals surface area contributed by atoms with E-state index in [1.807, 2.05) is 31.2 Å². The van der Waals surface area contributed by atoms with Gasteiger partial charge in [-0.05, 0) is 61.0 Å². The first-order valence-corrected chi connectivity index (χ1v) is 12.9. The normalized spacial score (nSPS) is 15.9. The third kappa shape index (κ3) is 5.75. The predicted octanol–water partition coefficient (Wildman–Crippen LogP) is 5.96. The van der Waals surface area contributed by atoms with E-state index in [4.69, 9.17) is 27.9 Å². The summed E-state index contributed by atoms with van der Waals surface area (Å²) in [4.78, 5) is -0.767. The second kappa shape index (κ2) is 10.5. The van der Waals surface area contributed by atoms with Gasteiger partial charge >= 0.3 is 0 Å². The smallest absolute Gasteiger partial charge is 0.243 e. The molecule has 0 fully saturated rings. The number of hydrogen-bond acceptors (Lipinski definition) is 5. The minimum absolute atomic E-state index is 0.201. The highest BCUT2D eigenvalue weighted by molar-refractivity contribution is 7.89. The molecule has 6 nitrogen and oxygen atoms in total. The van der Waals surface area contributed by atoms with Gasteiger partial charge in [0.2, 0.25) is 10.0 Å². The van der Waals surface area contributed by atoms with Crippen LogP contribution < -0.4 is 14.5 Å². The zero-order valence-electron chi connectivity index (χ0n) is 18.5. The van der Waals surface area contributed by atoms with Gasteiger partial charge in [0, 0.05) is 11.4 Å². The summed E-state index contributed by atoms with van der Waals surface area (Å²) in [6.07, 6.45) is 0.362. The SMILES string of the molecule is CCOc1ccc([C@H]2CC(CNS(=O)(=O)c3cc(F)ccc3F)=NN2c2ccc(Cl)cc2Cl)cc1. The Morgan fingerprint density at radius 2 is 1.83 bits per heavy atom. The van der Waals surface area contributed by atoms with Crippen molar-refractivity contribution in [3.63, 3.8) is 0 Å². The van der Waals surface area contributed by atoms with Gasteiger partial charge in [0.1, 0.15) is 22.3 Å². The standard InChI is InChI=1S/C24H21Cl2F2N3O3S/c1-2-34-19-7-3-15(4-8-19)23-13-18(30-31(23)22-10-5-16(25)11-20(22)26)14-29-35(32,33)24-12-17(27)6-9-21(24)28/h3-12,23,29H,2,13-14H2,1H3/t23-/m1/s1. The zero-order valence-corrected chi connectivity index (χ0v) is 20.8. The molecule has 1 atom stereocenters. The average molecular weight is 540 g/mol. The molecule has 11 heteroatoms. The molecule has 3 aromatic rings. The summed E-state index contributed by atoms with van der Waals surface area (Å²) in [7, 11) is -4.32. The van der Waals surface area contributed by atoms with Crippen LogP contribution >= 0.6 is 23.2 Å². The van der Waals surface area contributed by atoms with Crippen molar-refractivity contribution >= 4 is 44.6 Å². The second-order valence-electron chi connectivity index (χ2n) is 7.73. The molecular formula is C24H21Cl2F2N3O3S. The number of nitrogens with one attached hydrogen (secondary N) is 1. The van der Waals surface area contributed by atoms with Crippen LogP contribution in [0.1, 0.15) is 24.9 Å². The van der Waals surface area contributed by atoms with E-state index in [0.717, 1.165) is 23.4 Å². The highest BCUT2D eigenvalue weighted by atomic mass is 35.5. The maximum Gasteiger partial charge on any atom is 0.243 e. The minimum atomic E-state index is -4.32. The summed E-state index contributed by atoms with van der Waals surface area (Å²) >= 11 is 12.5. The molecule has 35 heavy (non-hydrogen) atoms. The van der Waals surface area contributed by atoms with E-state index < -0.39 is 26.6 Å². The first-order chi connectivity index (χ1) is 16.7. The molecule has 0 spiro atoms. The van der Waals surface area contributed by atoms with Crippen LogP contribution in [-0.2, 0) is 10.0 Å². The van der Waals surface area contributed by atoms with Crippen LogP contribution in [0.5, 0.6) is 5.75 Å². The van der Waals surface area contributed by atoms with E-state index in [0.29, 0.717) is 40.5 Å². The summed E-state index contributed by atoms with van der Waals surface area (Å²) in [5.74, 6) is -1.19. The molecule has 0 aromatic heterocycles. The largest absolute Gasteiger partial charge is 0.494 e. The Balaban J connectivity index is 1.62. The second-order valence-corrected chi connectivity index (χ2v) is 10.3. The van der Waals surface area contributed by atoms with Gasteiger partial charge in [-0.3, -0.25) is 5.01 Å². The maximum absolute atomic E-state index is 14.0. The van der Waals surface area contributed by atoms with Crippen LogP contribution in [-0.4, -0.2) is 27.3 Å². The topological polar surface area (TPSA) is 71.0 Å². The van der Waals surface area contributed by atoms with Gasteiger partial charge in [-0.2, -0.15) is 5.10 Å². The van der Waals surface area contributed by atoms with E-state index >= 15 is 0 Å². The van der Waals surface area contributed by atoms with Crippen LogP contribution in [0.3, 0.4) is 0 Å². The third-order valence-corrected chi connectivity index (χ3v) is 7.31. The summed E-state index contributed by atoms with van der Waals surface area (Å²) in [6, 6.07) is 14.4. The van der Waals surface area contributed by atoms with Crippen molar-refractivity contribution in [2.45, 2.75) is 24.3 Å². The van der Waals surface area contributed by atoms with Crippen molar-refractivity contribution in [2.75, 3.05) is 18.2 Å². The molecule has 1 N–H and O–H groups in total. The van der Waals surface area contributed by atoms with E-state index in [1.165, 1.54) is 0 Å². The molecule has 0 bridgehead atoms. The van der Waals surface area contributed by atoms with Crippen molar-refractivity contribution in [3.8, 4) is 5.75 Å². The van der Waals surface area contributed by atoms with Gasteiger partial charge < -0.3 is 4.74 Å². The lowest BCUT2D eigenvalue weighted by atomic mass is 10.0. The molecule has 0 saturated heterocycles. The highest BCUT2D eigenvalue weighted by Gasteiger charge is 2.31. The van der Waals surface area contributed by atoms with E-state index in [9.17, 15) is 17.2 Å². The molecule has 1 heterocycles. The first-order valence-electron chi connectivity index (χ1n) is 10.7. The molecule has 0 saturated carbocycles. The summed E-state index contributed by atoms with van der Waals surface area (Å²) in [5, 5.41) is 7.13. The number of nitrogens with zero attached hydrogens (tertiary/aromatic N) is 2. The third-order valence-electron chi connectivity index (χ3n) is 5.35. The first kappa shape index (κ1) is 25.4. The Labute approximate surface area is 212 Å². The minimum Gasteiger partial charge on any atom is -0.494 e. The molecule has 184 valence electrons. The van der Waals surface area contributed by atoms with Crippen LogP contribution in [0.25, 0.3) is 0 Å². The number of benzene rings is 3. The Morgan fingerprint density at radius 1 is 1.09 bits per heavy atom. The van der Waals surface area contributed by atoms with Crippen LogP contribution in [0.15, 0.2) is 70.7 Å². The Kier molecular flexibility index (Phi) is 7.61. The molecular weight excluding hydrogens is 519 g/mol. The zero-order chi connectivity index (χ0) is 25.2. The lowest BCUT2D eigenvalue weighted by Crippen LogP contribution is -2.30. The summed E-state index contributed by atoms with van der Waals surface area (Å²) < 4.78 is 60.6. The summed E-state index contributed by atoms with van der Waals surface area (Å²) in [6.45, 7) is 2.23. The lowest BCUT2D eigenvalue weighted by Gasteiger charge is -2.25. The highest BCUT2D eigenvalue weighted by Crippen LogP contribution is 2.40. The number of halogens is 4. The molecule has 0 amide bonds. The van der Waals surface area contributed by atoms with E-state index in [2.05, 4.69) is 9.82 Å². The van der Waals surface area contributed by atoms with E-state index in [-0.39, 0.29) is 12.6 Å². The molecule has 1 aliphatic rings. The number of rotatable bonds is 8. The van der Waals surface area contributed by atoms with Crippen molar-refractivity contribution in [1.29, 1.82) is 0 Å². The van der Waals surface area contributed by atoms with Crippen molar-refractivity contribution in [2.24, 2.45) is 5.10 Å². The predicted molar refractivity (Wildman–Crippen MR) is 133 cm³/mol. The molecule has 3 aromatic carbocycles. The molecule has 1 aliphatic heterocycles. The van der Waals surface area contributed by atoms with Crippen LogP contribution in [0.2, 0.25) is 10.0 Å². The number of hydrogen-bond donors (Lipinski definition) is 1. The van der Waals surface area contributed by atoms with Crippen LogP contribution in [0, 0.1) is 11.6 Å². The van der Waals surface area contributed by atoms with E-state index in [1.54, 1.807) is 23.2 Å². The Hall–Kier alpha value is -2.72. The quantitative estimate of drug-likeness (QED) is 0.383. The van der Waals surface area contributed by atoms with Gasteiger partial charge in [-0.15, -0.1) is 0 Å². The van der Waals surface area contributed by atoms with Gasteiger partial charge in [-0.1, -0.05) is 35.3 Å². The van der Waals surface area contributed by atoms with Crippen molar-refractivity contribution < 1.29 is 21.9 Å².